The Bertz CT molecular complexity index is 1300. The molecule has 0 unspecified atom stereocenters. The van der Waals surface area contributed by atoms with Crippen LogP contribution in [0.4, 0.5) is 13.2 Å². The Hall–Kier alpha value is -3.73. The summed E-state index contributed by atoms with van der Waals surface area (Å²) < 4.78 is 33.9. The van der Waals surface area contributed by atoms with Crippen molar-refractivity contribution in [1.82, 2.24) is 14.8 Å². The van der Waals surface area contributed by atoms with Crippen molar-refractivity contribution in [2.24, 2.45) is 7.05 Å². The Balaban J connectivity index is 0.000000339. The summed E-state index contributed by atoms with van der Waals surface area (Å²) in [6.07, 6.45) is -1.67. The maximum Gasteiger partial charge on any atom is 0.490 e. The second kappa shape index (κ2) is 8.56. The zero-order valence-corrected chi connectivity index (χ0v) is 16.6. The molecule has 31 heavy (non-hydrogen) atoms. The standard InChI is InChI=1S/C18H13N3O2S.C2HF3O2/c1-21-18(23)15-14(11-5-7-19-8-6-11)10-24-17(15)16(20-21)12-3-2-4-13(22)9-12;3-2(4,5)1(6)7/h2-10,22H,1H3;(H,6,7). The quantitative estimate of drug-likeness (QED) is 0.478. The highest BCUT2D eigenvalue weighted by molar-refractivity contribution is 7.18. The van der Waals surface area contributed by atoms with E-state index in [4.69, 9.17) is 9.90 Å². The van der Waals surface area contributed by atoms with E-state index >= 15 is 0 Å². The molecule has 0 bridgehead atoms. The Morgan fingerprint density at radius 3 is 2.35 bits per heavy atom. The van der Waals surface area contributed by atoms with E-state index in [1.807, 2.05) is 23.6 Å². The average Bonchev–Trinajstić information content (AvgIpc) is 3.16. The van der Waals surface area contributed by atoms with Crippen LogP contribution in [0.1, 0.15) is 0 Å². The Kier molecular flexibility index (Phi) is 6.07. The van der Waals surface area contributed by atoms with Gasteiger partial charge in [-0.2, -0.15) is 18.3 Å². The topological polar surface area (TPSA) is 105 Å². The van der Waals surface area contributed by atoms with Gasteiger partial charge in [0.2, 0.25) is 0 Å². The van der Waals surface area contributed by atoms with Gasteiger partial charge in [0, 0.05) is 35.9 Å². The SMILES string of the molecule is Cn1nc(-c2cccc(O)c2)c2scc(-c3ccncc3)c2c1=O.O=C(O)C(F)(F)F. The molecule has 7 nitrogen and oxygen atoms in total. The number of phenols is 1. The first-order valence-electron chi connectivity index (χ1n) is 8.58. The van der Waals surface area contributed by atoms with Crippen LogP contribution >= 0.6 is 11.3 Å². The highest BCUT2D eigenvalue weighted by Crippen LogP contribution is 2.36. The van der Waals surface area contributed by atoms with E-state index < -0.39 is 12.1 Å². The molecule has 160 valence electrons. The van der Waals surface area contributed by atoms with E-state index in [1.165, 1.54) is 16.0 Å². The normalized spacial score (nSPS) is 11.1. The molecule has 3 aromatic heterocycles. The number of fused-ring (bicyclic) bond motifs is 1. The van der Waals surface area contributed by atoms with Gasteiger partial charge in [-0.15, -0.1) is 11.3 Å². The van der Waals surface area contributed by atoms with Gasteiger partial charge in [0.05, 0.1) is 10.1 Å². The summed E-state index contributed by atoms with van der Waals surface area (Å²) in [7, 11) is 1.64. The molecule has 3 heterocycles. The molecular weight excluding hydrogens is 435 g/mol. The van der Waals surface area contributed by atoms with E-state index in [-0.39, 0.29) is 11.3 Å². The summed E-state index contributed by atoms with van der Waals surface area (Å²) >= 11 is 1.48. The van der Waals surface area contributed by atoms with E-state index in [1.54, 1.807) is 37.6 Å². The molecule has 0 radical (unpaired) electrons. The van der Waals surface area contributed by atoms with Crippen molar-refractivity contribution < 1.29 is 28.2 Å². The van der Waals surface area contributed by atoms with E-state index in [0.717, 1.165) is 21.4 Å². The molecule has 2 N–H and O–H groups in total. The number of benzene rings is 1. The van der Waals surface area contributed by atoms with Crippen LogP contribution in [0.5, 0.6) is 5.75 Å². The van der Waals surface area contributed by atoms with Crippen molar-refractivity contribution in [3.05, 3.63) is 64.5 Å². The number of nitrogens with zero attached hydrogens (tertiary/aromatic N) is 3. The fraction of sp³-hybridized carbons (Fsp3) is 0.100. The molecule has 1 aromatic carbocycles. The summed E-state index contributed by atoms with van der Waals surface area (Å²) in [6, 6.07) is 10.7. The second-order valence-corrected chi connectivity index (χ2v) is 7.10. The molecule has 0 aliphatic carbocycles. The molecule has 0 saturated heterocycles. The third-order valence-electron chi connectivity index (χ3n) is 4.12. The van der Waals surface area contributed by atoms with Crippen LogP contribution in [-0.4, -0.2) is 37.1 Å². The molecule has 0 spiro atoms. The lowest BCUT2D eigenvalue weighted by Crippen LogP contribution is -2.21. The molecule has 4 rings (SSSR count). The minimum atomic E-state index is -5.08. The number of pyridine rings is 1. The number of rotatable bonds is 2. The van der Waals surface area contributed by atoms with Crippen molar-refractivity contribution in [3.63, 3.8) is 0 Å². The highest BCUT2D eigenvalue weighted by Gasteiger charge is 2.38. The predicted octanol–water partition coefficient (Wildman–Crippen LogP) is 4.06. The number of aryl methyl sites for hydroxylation is 1. The van der Waals surface area contributed by atoms with Gasteiger partial charge < -0.3 is 10.2 Å². The van der Waals surface area contributed by atoms with Gasteiger partial charge >= 0.3 is 12.1 Å². The first-order valence-corrected chi connectivity index (χ1v) is 9.46. The monoisotopic (exact) mass is 449 g/mol. The first kappa shape index (κ1) is 22.0. The number of thiophene rings is 1. The number of carbonyl (C=O) groups is 1. The maximum absolute atomic E-state index is 12.7. The van der Waals surface area contributed by atoms with Crippen molar-refractivity contribution in [1.29, 1.82) is 0 Å². The molecular formula is C20H14F3N3O4S. The fourth-order valence-electron chi connectivity index (χ4n) is 2.73. The number of hydrogen-bond donors (Lipinski definition) is 2. The third kappa shape index (κ3) is 4.72. The summed E-state index contributed by atoms with van der Waals surface area (Å²) in [5, 5.41) is 23.9. The molecule has 0 aliphatic rings. The Labute approximate surface area is 176 Å². The maximum atomic E-state index is 12.7. The van der Waals surface area contributed by atoms with Gasteiger partial charge in [-0.3, -0.25) is 9.78 Å². The van der Waals surface area contributed by atoms with Gasteiger partial charge in [-0.1, -0.05) is 12.1 Å². The lowest BCUT2D eigenvalue weighted by Gasteiger charge is -2.07. The minimum absolute atomic E-state index is 0.137. The predicted molar refractivity (Wildman–Crippen MR) is 109 cm³/mol. The Morgan fingerprint density at radius 2 is 1.77 bits per heavy atom. The minimum Gasteiger partial charge on any atom is -0.508 e. The second-order valence-electron chi connectivity index (χ2n) is 6.22. The van der Waals surface area contributed by atoms with Crippen LogP contribution in [0.3, 0.4) is 0 Å². The molecule has 0 amide bonds. The molecule has 0 saturated carbocycles. The van der Waals surface area contributed by atoms with Crippen molar-refractivity contribution in [3.8, 4) is 28.1 Å². The van der Waals surface area contributed by atoms with Crippen LogP contribution in [0.2, 0.25) is 0 Å². The van der Waals surface area contributed by atoms with E-state index in [2.05, 4.69) is 10.1 Å². The molecule has 0 aliphatic heterocycles. The first-order chi connectivity index (χ1) is 14.6. The number of halogens is 3. The summed E-state index contributed by atoms with van der Waals surface area (Å²) in [5.74, 6) is -2.59. The zero-order valence-electron chi connectivity index (χ0n) is 15.8. The van der Waals surface area contributed by atoms with Gasteiger partial charge in [-0.05, 0) is 29.8 Å². The molecule has 0 atom stereocenters. The summed E-state index contributed by atoms with van der Waals surface area (Å²) in [5.41, 5.74) is 3.15. The van der Waals surface area contributed by atoms with Gasteiger partial charge in [0.15, 0.2) is 0 Å². The largest absolute Gasteiger partial charge is 0.508 e. The van der Waals surface area contributed by atoms with Crippen LogP contribution in [0.15, 0.2) is 59.0 Å². The van der Waals surface area contributed by atoms with Crippen molar-refractivity contribution >= 4 is 27.4 Å². The van der Waals surface area contributed by atoms with Gasteiger partial charge in [0.25, 0.3) is 5.56 Å². The van der Waals surface area contributed by atoms with Crippen LogP contribution < -0.4 is 5.56 Å². The van der Waals surface area contributed by atoms with Crippen molar-refractivity contribution in [2.75, 3.05) is 0 Å². The van der Waals surface area contributed by atoms with Crippen LogP contribution in [0, 0.1) is 0 Å². The zero-order chi connectivity index (χ0) is 22.8. The number of carboxylic acids is 1. The smallest absolute Gasteiger partial charge is 0.490 e. The number of aromatic hydroxyl groups is 1. The molecule has 11 heteroatoms. The van der Waals surface area contributed by atoms with Crippen molar-refractivity contribution in [2.45, 2.75) is 6.18 Å². The van der Waals surface area contributed by atoms with E-state index in [9.17, 15) is 23.1 Å². The number of carboxylic acid groups (broad SMARTS) is 1. The van der Waals surface area contributed by atoms with Crippen LogP contribution in [0.25, 0.3) is 32.5 Å². The summed E-state index contributed by atoms with van der Waals surface area (Å²) in [6.45, 7) is 0. The van der Waals surface area contributed by atoms with E-state index in [0.29, 0.717) is 11.1 Å². The number of alkyl halides is 3. The fourth-order valence-corrected chi connectivity index (χ4v) is 3.81. The molecule has 0 fully saturated rings. The molecule has 4 aromatic rings. The Morgan fingerprint density at radius 1 is 1.13 bits per heavy atom. The van der Waals surface area contributed by atoms with Gasteiger partial charge in [0.1, 0.15) is 11.4 Å². The number of aliphatic carboxylic acids is 1. The highest BCUT2D eigenvalue weighted by atomic mass is 32.1. The van der Waals surface area contributed by atoms with Gasteiger partial charge in [-0.25, -0.2) is 9.48 Å². The number of hydrogen-bond acceptors (Lipinski definition) is 6. The number of aromatic nitrogens is 3. The lowest BCUT2D eigenvalue weighted by atomic mass is 10.1. The summed E-state index contributed by atoms with van der Waals surface area (Å²) in [4.78, 5) is 25.6. The third-order valence-corrected chi connectivity index (χ3v) is 5.10. The average molecular weight is 449 g/mol. The van der Waals surface area contributed by atoms with Crippen LogP contribution in [-0.2, 0) is 11.8 Å². The lowest BCUT2D eigenvalue weighted by molar-refractivity contribution is -0.192. The number of phenolic OH excluding ortho intramolecular Hbond substituents is 1.